The number of carbonyl (C=O) groups is 1. The summed E-state index contributed by atoms with van der Waals surface area (Å²) < 4.78 is 0. The Morgan fingerprint density at radius 1 is 1.58 bits per heavy atom. The highest BCUT2D eigenvalue weighted by Crippen LogP contribution is 2.21. The largest absolute Gasteiger partial charge is 0.366 e. The molecule has 64 valence electrons. The maximum atomic E-state index is 10.4. The first-order valence-electron chi connectivity index (χ1n) is 3.64. The van der Waals surface area contributed by atoms with E-state index >= 15 is 0 Å². The third-order valence-corrected chi connectivity index (χ3v) is 2.71. The molecule has 3 heteroatoms. The second-order valence-corrected chi connectivity index (χ2v) is 3.91. The fourth-order valence-electron chi connectivity index (χ4n) is 0.848. The summed E-state index contributed by atoms with van der Waals surface area (Å²) >= 11 is 1.66. The van der Waals surface area contributed by atoms with Crippen LogP contribution in [-0.4, -0.2) is 5.91 Å². The van der Waals surface area contributed by atoms with Gasteiger partial charge in [-0.25, -0.2) is 0 Å². The van der Waals surface area contributed by atoms with Crippen LogP contribution in [0.3, 0.4) is 0 Å². The minimum Gasteiger partial charge on any atom is -0.366 e. The van der Waals surface area contributed by atoms with Gasteiger partial charge >= 0.3 is 0 Å². The highest BCUT2D eigenvalue weighted by atomic mass is 32.1. The van der Waals surface area contributed by atoms with Crippen LogP contribution >= 0.6 is 11.3 Å². The van der Waals surface area contributed by atoms with E-state index in [0.717, 1.165) is 4.88 Å². The van der Waals surface area contributed by atoms with Crippen molar-refractivity contribution in [3.8, 4) is 0 Å². The predicted molar refractivity (Wildman–Crippen MR) is 52.0 cm³/mol. The van der Waals surface area contributed by atoms with Crippen LogP contribution in [0.2, 0.25) is 0 Å². The second kappa shape index (κ2) is 3.54. The van der Waals surface area contributed by atoms with E-state index in [2.05, 4.69) is 6.92 Å². The van der Waals surface area contributed by atoms with E-state index in [1.807, 2.05) is 13.0 Å². The van der Waals surface area contributed by atoms with Crippen molar-refractivity contribution < 1.29 is 4.79 Å². The molecule has 1 heterocycles. The number of carbonyl (C=O) groups excluding carboxylic acids is 1. The van der Waals surface area contributed by atoms with Crippen LogP contribution in [0.5, 0.6) is 0 Å². The molecular weight excluding hydrogens is 170 g/mol. The molecule has 12 heavy (non-hydrogen) atoms. The molecule has 2 nitrogen and oxygen atoms in total. The minimum absolute atomic E-state index is 0.404. The lowest BCUT2D eigenvalue weighted by molar-refractivity contribution is -0.113. The second-order valence-electron chi connectivity index (χ2n) is 2.62. The molecule has 0 aliphatic rings. The van der Waals surface area contributed by atoms with E-state index < -0.39 is 5.91 Å². The first kappa shape index (κ1) is 9.00. The first-order chi connectivity index (χ1) is 5.59. The Hall–Kier alpha value is -1.09. The third kappa shape index (κ3) is 2.20. The lowest BCUT2D eigenvalue weighted by Gasteiger charge is -1.80. The summed E-state index contributed by atoms with van der Waals surface area (Å²) in [5, 5.41) is 0. The van der Waals surface area contributed by atoms with Gasteiger partial charge in [0.25, 0.3) is 0 Å². The number of primary amides is 1. The van der Waals surface area contributed by atoms with E-state index in [-0.39, 0.29) is 0 Å². The molecule has 0 atom stereocenters. The zero-order valence-electron chi connectivity index (χ0n) is 7.13. The molecule has 1 aromatic heterocycles. The van der Waals surface area contributed by atoms with Crippen LogP contribution < -0.4 is 5.73 Å². The normalized spacial score (nSPS) is 10.8. The van der Waals surface area contributed by atoms with Gasteiger partial charge in [-0.3, -0.25) is 4.79 Å². The van der Waals surface area contributed by atoms with Gasteiger partial charge in [0, 0.05) is 15.8 Å². The number of nitrogens with two attached hydrogens (primary N) is 1. The molecule has 1 aromatic rings. The number of amides is 1. The summed E-state index contributed by atoms with van der Waals surface area (Å²) in [6, 6.07) is 2.04. The molecule has 0 aliphatic heterocycles. The van der Waals surface area contributed by atoms with Crippen LogP contribution in [0, 0.1) is 13.8 Å². The molecule has 0 aliphatic carbocycles. The van der Waals surface area contributed by atoms with E-state index in [1.165, 1.54) is 16.5 Å². The summed E-state index contributed by atoms with van der Waals surface area (Å²) in [5.74, 6) is -0.404. The van der Waals surface area contributed by atoms with E-state index in [4.69, 9.17) is 5.73 Å². The molecule has 0 radical (unpaired) electrons. The van der Waals surface area contributed by atoms with Crippen LogP contribution in [-0.2, 0) is 4.79 Å². The van der Waals surface area contributed by atoms with Crippen molar-refractivity contribution in [1.82, 2.24) is 0 Å². The predicted octanol–water partition coefficient (Wildman–Crippen LogP) is 1.86. The Bertz CT molecular complexity index is 306. The molecular formula is C9H11NOS. The van der Waals surface area contributed by atoms with Crippen LogP contribution in [0.15, 0.2) is 12.1 Å². The maximum absolute atomic E-state index is 10.4. The zero-order valence-corrected chi connectivity index (χ0v) is 7.94. The zero-order chi connectivity index (χ0) is 9.14. The molecule has 0 saturated heterocycles. The van der Waals surface area contributed by atoms with Gasteiger partial charge in [0.15, 0.2) is 0 Å². The van der Waals surface area contributed by atoms with Gasteiger partial charge in [0.1, 0.15) is 0 Å². The SMILES string of the molecule is Cc1cc(/C=C\C(N)=O)sc1C. The Balaban J connectivity index is 2.83. The summed E-state index contributed by atoms with van der Waals surface area (Å²) in [7, 11) is 0. The van der Waals surface area contributed by atoms with Gasteiger partial charge in [0.05, 0.1) is 0 Å². The Labute approximate surface area is 75.7 Å². The van der Waals surface area contributed by atoms with Crippen LogP contribution in [0.25, 0.3) is 6.08 Å². The fourth-order valence-corrected chi connectivity index (χ4v) is 1.79. The average Bonchev–Trinajstić information content (AvgIpc) is 2.28. The summed E-state index contributed by atoms with van der Waals surface area (Å²) in [6.45, 7) is 4.11. The molecule has 0 spiro atoms. The van der Waals surface area contributed by atoms with Crippen molar-refractivity contribution in [1.29, 1.82) is 0 Å². The molecule has 1 amide bonds. The highest BCUT2D eigenvalue weighted by Gasteiger charge is 1.97. The van der Waals surface area contributed by atoms with Crippen molar-refractivity contribution in [2.75, 3.05) is 0 Å². The minimum atomic E-state index is -0.404. The molecule has 0 bridgehead atoms. The third-order valence-electron chi connectivity index (χ3n) is 1.60. The fraction of sp³-hybridized carbons (Fsp3) is 0.222. The van der Waals surface area contributed by atoms with Gasteiger partial charge in [-0.2, -0.15) is 0 Å². The van der Waals surface area contributed by atoms with Gasteiger partial charge in [-0.15, -0.1) is 11.3 Å². The number of thiophene rings is 1. The quantitative estimate of drug-likeness (QED) is 0.695. The monoisotopic (exact) mass is 181 g/mol. The Morgan fingerprint density at radius 3 is 2.67 bits per heavy atom. The van der Waals surface area contributed by atoms with Crippen LogP contribution in [0.4, 0.5) is 0 Å². The molecule has 0 aromatic carbocycles. The Morgan fingerprint density at radius 2 is 2.25 bits per heavy atom. The van der Waals surface area contributed by atoms with Crippen molar-refractivity contribution in [2.45, 2.75) is 13.8 Å². The van der Waals surface area contributed by atoms with Gasteiger partial charge in [-0.05, 0) is 31.6 Å². The van der Waals surface area contributed by atoms with Gasteiger partial charge in [-0.1, -0.05) is 0 Å². The van der Waals surface area contributed by atoms with E-state index in [0.29, 0.717) is 0 Å². The molecule has 0 unspecified atom stereocenters. The molecule has 0 saturated carbocycles. The van der Waals surface area contributed by atoms with Crippen molar-refractivity contribution in [3.63, 3.8) is 0 Å². The Kier molecular flexibility index (Phi) is 2.65. The first-order valence-corrected chi connectivity index (χ1v) is 4.46. The lowest BCUT2D eigenvalue weighted by atomic mass is 10.3. The van der Waals surface area contributed by atoms with E-state index in [9.17, 15) is 4.79 Å². The smallest absolute Gasteiger partial charge is 0.241 e. The average molecular weight is 181 g/mol. The van der Waals surface area contributed by atoms with Crippen molar-refractivity contribution in [2.24, 2.45) is 5.73 Å². The standard InChI is InChI=1S/C9H11NOS/c1-6-5-8(12-7(6)2)3-4-9(10)11/h3-5H,1-2H3,(H2,10,11)/b4-3-. The van der Waals surface area contributed by atoms with Crippen molar-refractivity contribution >= 4 is 23.3 Å². The van der Waals surface area contributed by atoms with Gasteiger partial charge < -0.3 is 5.73 Å². The number of hydrogen-bond acceptors (Lipinski definition) is 2. The molecule has 2 N–H and O–H groups in total. The van der Waals surface area contributed by atoms with Crippen molar-refractivity contribution in [3.05, 3.63) is 27.5 Å². The van der Waals surface area contributed by atoms with Crippen LogP contribution in [0.1, 0.15) is 15.3 Å². The lowest BCUT2D eigenvalue weighted by Crippen LogP contribution is -2.04. The summed E-state index contributed by atoms with van der Waals surface area (Å²) in [4.78, 5) is 12.8. The number of rotatable bonds is 2. The highest BCUT2D eigenvalue weighted by molar-refractivity contribution is 7.13. The topological polar surface area (TPSA) is 43.1 Å². The van der Waals surface area contributed by atoms with E-state index in [1.54, 1.807) is 17.4 Å². The van der Waals surface area contributed by atoms with Gasteiger partial charge in [0.2, 0.25) is 5.91 Å². The summed E-state index contributed by atoms with van der Waals surface area (Å²) in [6.07, 6.45) is 3.12. The molecule has 1 rings (SSSR count). The molecule has 0 fully saturated rings. The number of aryl methyl sites for hydroxylation is 2. The summed E-state index contributed by atoms with van der Waals surface area (Å²) in [5.41, 5.74) is 6.22. The maximum Gasteiger partial charge on any atom is 0.241 e. The number of hydrogen-bond donors (Lipinski definition) is 1.